The van der Waals surface area contributed by atoms with E-state index < -0.39 is 0 Å². The number of pyridine rings is 1. The van der Waals surface area contributed by atoms with Gasteiger partial charge in [-0.15, -0.1) is 0 Å². The highest BCUT2D eigenvalue weighted by molar-refractivity contribution is 6.12. The molecule has 0 fully saturated rings. The van der Waals surface area contributed by atoms with Crippen LogP contribution in [0.5, 0.6) is 0 Å². The summed E-state index contributed by atoms with van der Waals surface area (Å²) in [6.07, 6.45) is 6.23. The Hall–Kier alpha value is -3.86. The van der Waals surface area contributed by atoms with Crippen LogP contribution < -0.4 is 0 Å². The Balaban J connectivity index is 1.80. The molecule has 2 heterocycles. The largest absolute Gasteiger partial charge is 0.298 e. The number of aldehydes is 1. The number of rotatable bonds is 3. The van der Waals surface area contributed by atoms with Crippen molar-refractivity contribution < 1.29 is 9.18 Å². The number of aromatic nitrogens is 3. The van der Waals surface area contributed by atoms with Gasteiger partial charge in [0.05, 0.1) is 17.4 Å². The van der Waals surface area contributed by atoms with Gasteiger partial charge in [-0.3, -0.25) is 9.78 Å². The Morgan fingerprint density at radius 3 is 2.43 bits per heavy atom. The minimum Gasteiger partial charge on any atom is -0.298 e. The van der Waals surface area contributed by atoms with Gasteiger partial charge in [0.2, 0.25) is 0 Å². The number of halogens is 1. The Kier molecular flexibility index (Phi) is 3.72. The van der Waals surface area contributed by atoms with Gasteiger partial charge in [0, 0.05) is 34.1 Å². The number of hydrogen-bond donors (Lipinski definition) is 0. The summed E-state index contributed by atoms with van der Waals surface area (Å²) in [4.78, 5) is 15.3. The van der Waals surface area contributed by atoms with Crippen LogP contribution >= 0.6 is 0 Å². The average molecular weight is 367 g/mol. The fourth-order valence-electron chi connectivity index (χ4n) is 3.54. The van der Waals surface area contributed by atoms with Crippen molar-refractivity contribution in [1.82, 2.24) is 14.8 Å². The van der Waals surface area contributed by atoms with Crippen LogP contribution in [0.3, 0.4) is 0 Å². The summed E-state index contributed by atoms with van der Waals surface area (Å²) in [7, 11) is 0. The smallest absolute Gasteiger partial charge is 0.150 e. The SMILES string of the molecule is O=Cc1ccc(-c2cc3cnn(-c4ccc(F)cc4)c3c3ccncc23)cc1. The maximum atomic E-state index is 13.3. The zero-order chi connectivity index (χ0) is 19.1. The van der Waals surface area contributed by atoms with E-state index in [1.54, 1.807) is 30.5 Å². The third-order valence-electron chi connectivity index (χ3n) is 4.89. The molecule has 0 saturated carbocycles. The molecule has 0 radical (unpaired) electrons. The lowest BCUT2D eigenvalue weighted by Crippen LogP contribution is -1.97. The summed E-state index contributed by atoms with van der Waals surface area (Å²) < 4.78 is 15.1. The molecule has 0 aliphatic rings. The number of fused-ring (bicyclic) bond motifs is 3. The van der Waals surface area contributed by atoms with Gasteiger partial charge in [0.25, 0.3) is 0 Å². The standard InChI is InChI=1S/C23H14FN3O/c24-18-5-7-19(8-6-18)27-23-17(12-26-27)11-21(22-13-25-10-9-20(22)23)16-3-1-15(14-28)2-4-16/h1-14H. The molecule has 0 N–H and O–H groups in total. The molecule has 2 aromatic heterocycles. The second kappa shape index (κ2) is 6.39. The highest BCUT2D eigenvalue weighted by Gasteiger charge is 2.14. The van der Waals surface area contributed by atoms with Crippen molar-refractivity contribution in [2.24, 2.45) is 0 Å². The van der Waals surface area contributed by atoms with Crippen LogP contribution in [0.4, 0.5) is 4.39 Å². The molecule has 0 aliphatic heterocycles. The van der Waals surface area contributed by atoms with Crippen LogP contribution in [0.25, 0.3) is 38.5 Å². The summed E-state index contributed by atoms with van der Waals surface area (Å²) in [5, 5.41) is 7.49. The molecule has 4 nitrogen and oxygen atoms in total. The lowest BCUT2D eigenvalue weighted by atomic mass is 9.96. The third-order valence-corrected chi connectivity index (χ3v) is 4.89. The summed E-state index contributed by atoms with van der Waals surface area (Å²) in [5.74, 6) is -0.282. The Morgan fingerprint density at radius 1 is 0.893 bits per heavy atom. The van der Waals surface area contributed by atoms with Crippen LogP contribution in [0, 0.1) is 5.82 Å². The second-order valence-corrected chi connectivity index (χ2v) is 6.56. The summed E-state index contributed by atoms with van der Waals surface area (Å²) in [6, 6.07) is 17.8. The molecule has 0 unspecified atom stereocenters. The first-order valence-electron chi connectivity index (χ1n) is 8.80. The molecule has 0 saturated heterocycles. The van der Waals surface area contributed by atoms with Gasteiger partial charge in [-0.1, -0.05) is 24.3 Å². The maximum absolute atomic E-state index is 13.3. The second-order valence-electron chi connectivity index (χ2n) is 6.56. The van der Waals surface area contributed by atoms with Crippen LogP contribution in [0.15, 0.2) is 79.3 Å². The lowest BCUT2D eigenvalue weighted by Gasteiger charge is -2.11. The average Bonchev–Trinajstić information content (AvgIpc) is 3.18. The van der Waals surface area contributed by atoms with E-state index in [1.807, 2.05) is 35.3 Å². The van der Waals surface area contributed by atoms with Crippen LogP contribution in [0.2, 0.25) is 0 Å². The van der Waals surface area contributed by atoms with E-state index in [4.69, 9.17) is 0 Å². The molecular formula is C23H14FN3O. The minimum absolute atomic E-state index is 0.282. The normalized spacial score (nSPS) is 11.2. The first-order chi connectivity index (χ1) is 13.7. The van der Waals surface area contributed by atoms with Gasteiger partial charge in [-0.2, -0.15) is 5.10 Å². The molecule has 0 amide bonds. The van der Waals surface area contributed by atoms with Gasteiger partial charge in [-0.05, 0) is 47.5 Å². The number of carbonyl (C=O) groups excluding carboxylic acids is 1. The molecule has 5 aromatic rings. The highest BCUT2D eigenvalue weighted by atomic mass is 19.1. The Labute approximate surface area is 159 Å². The highest BCUT2D eigenvalue weighted by Crippen LogP contribution is 2.35. The zero-order valence-corrected chi connectivity index (χ0v) is 14.7. The molecule has 0 atom stereocenters. The topological polar surface area (TPSA) is 47.8 Å². The monoisotopic (exact) mass is 367 g/mol. The van der Waals surface area contributed by atoms with Crippen molar-refractivity contribution >= 4 is 28.0 Å². The molecule has 0 spiro atoms. The van der Waals surface area contributed by atoms with Gasteiger partial charge >= 0.3 is 0 Å². The van der Waals surface area contributed by atoms with Gasteiger partial charge in [0.15, 0.2) is 0 Å². The van der Waals surface area contributed by atoms with E-state index in [-0.39, 0.29) is 5.82 Å². The molecule has 0 bridgehead atoms. The maximum Gasteiger partial charge on any atom is 0.150 e. The van der Waals surface area contributed by atoms with Crippen molar-refractivity contribution in [2.75, 3.05) is 0 Å². The third kappa shape index (κ3) is 2.56. The van der Waals surface area contributed by atoms with Crippen molar-refractivity contribution in [3.63, 3.8) is 0 Å². The van der Waals surface area contributed by atoms with Crippen LogP contribution in [-0.2, 0) is 0 Å². The number of nitrogens with zero attached hydrogens (tertiary/aromatic N) is 3. The Bertz CT molecular complexity index is 1320. The van der Waals surface area contributed by atoms with Gasteiger partial charge in [0.1, 0.15) is 12.1 Å². The van der Waals surface area contributed by atoms with E-state index in [9.17, 15) is 9.18 Å². The molecule has 3 aromatic carbocycles. The van der Waals surface area contributed by atoms with E-state index >= 15 is 0 Å². The molecule has 0 aliphatic carbocycles. The zero-order valence-electron chi connectivity index (χ0n) is 14.7. The lowest BCUT2D eigenvalue weighted by molar-refractivity contribution is 0.112. The van der Waals surface area contributed by atoms with Crippen molar-refractivity contribution in [2.45, 2.75) is 0 Å². The van der Waals surface area contributed by atoms with Crippen molar-refractivity contribution in [3.8, 4) is 16.8 Å². The van der Waals surface area contributed by atoms with Crippen molar-refractivity contribution in [1.29, 1.82) is 0 Å². The Morgan fingerprint density at radius 2 is 1.68 bits per heavy atom. The van der Waals surface area contributed by atoms with E-state index in [0.717, 1.165) is 44.8 Å². The summed E-state index contributed by atoms with van der Waals surface area (Å²) in [5.41, 5.74) is 4.39. The fourth-order valence-corrected chi connectivity index (χ4v) is 3.54. The predicted octanol–water partition coefficient (Wildman–Crippen LogP) is 5.19. The van der Waals surface area contributed by atoms with Crippen LogP contribution in [-0.4, -0.2) is 21.1 Å². The summed E-state index contributed by atoms with van der Waals surface area (Å²) >= 11 is 0. The van der Waals surface area contributed by atoms with E-state index in [2.05, 4.69) is 16.1 Å². The van der Waals surface area contributed by atoms with E-state index in [0.29, 0.717) is 5.56 Å². The summed E-state index contributed by atoms with van der Waals surface area (Å²) in [6.45, 7) is 0. The molecular weight excluding hydrogens is 353 g/mol. The number of benzene rings is 3. The van der Waals surface area contributed by atoms with Gasteiger partial charge in [-0.25, -0.2) is 9.07 Å². The van der Waals surface area contributed by atoms with E-state index in [1.165, 1.54) is 12.1 Å². The first-order valence-corrected chi connectivity index (χ1v) is 8.80. The van der Waals surface area contributed by atoms with Crippen molar-refractivity contribution in [3.05, 3.63) is 90.6 Å². The number of hydrogen-bond acceptors (Lipinski definition) is 3. The fraction of sp³-hybridized carbons (Fsp3) is 0. The predicted molar refractivity (Wildman–Crippen MR) is 107 cm³/mol. The van der Waals surface area contributed by atoms with Gasteiger partial charge < -0.3 is 0 Å². The quantitative estimate of drug-likeness (QED) is 0.412. The molecule has 134 valence electrons. The van der Waals surface area contributed by atoms with Crippen LogP contribution in [0.1, 0.15) is 10.4 Å². The molecule has 5 rings (SSSR count). The minimum atomic E-state index is -0.282. The number of carbonyl (C=O) groups is 1. The molecule has 28 heavy (non-hydrogen) atoms. The first kappa shape index (κ1) is 16.3. The molecule has 5 heteroatoms.